The molecule has 7 nitrogen and oxygen atoms in total. The van der Waals surface area contributed by atoms with Gasteiger partial charge in [-0.15, -0.1) is 0 Å². The minimum atomic E-state index is -3.02. The van der Waals surface area contributed by atoms with Gasteiger partial charge in [-0.1, -0.05) is 96.8 Å². The summed E-state index contributed by atoms with van der Waals surface area (Å²) in [7, 11) is 0. The van der Waals surface area contributed by atoms with Crippen LogP contribution in [0.4, 0.5) is 0 Å². The lowest BCUT2D eigenvalue weighted by Crippen LogP contribution is -2.46. The van der Waals surface area contributed by atoms with Crippen molar-refractivity contribution in [3.8, 4) is 0 Å². The molecule has 148 valence electrons. The molecule has 0 bridgehead atoms. The van der Waals surface area contributed by atoms with Gasteiger partial charge in [-0.3, -0.25) is 25.3 Å². The van der Waals surface area contributed by atoms with Crippen LogP contribution in [0, 0.1) is 20.2 Å². The van der Waals surface area contributed by atoms with E-state index in [0.29, 0.717) is 12.8 Å². The van der Waals surface area contributed by atoms with E-state index in [0.717, 1.165) is 19.3 Å². The summed E-state index contributed by atoms with van der Waals surface area (Å²) in [6.07, 6.45) is 16.9. The lowest BCUT2D eigenvalue weighted by molar-refractivity contribution is -0.848. The van der Waals surface area contributed by atoms with E-state index in [-0.39, 0.29) is 0 Å². The number of nitro groups is 2. The van der Waals surface area contributed by atoms with Crippen molar-refractivity contribution in [2.24, 2.45) is 0 Å². The Balaban J connectivity index is 3.37. The predicted molar refractivity (Wildman–Crippen MR) is 98.5 cm³/mol. The van der Waals surface area contributed by atoms with Crippen molar-refractivity contribution in [3.05, 3.63) is 20.2 Å². The zero-order valence-electron chi connectivity index (χ0n) is 15.8. The van der Waals surface area contributed by atoms with Gasteiger partial charge in [0.25, 0.3) is 0 Å². The van der Waals surface area contributed by atoms with Crippen LogP contribution in [-0.2, 0) is 0 Å². The van der Waals surface area contributed by atoms with Crippen molar-refractivity contribution in [1.29, 1.82) is 0 Å². The second kappa shape index (κ2) is 15.0. The van der Waals surface area contributed by atoms with Gasteiger partial charge in [-0.2, -0.15) is 0 Å². The van der Waals surface area contributed by atoms with E-state index in [1.54, 1.807) is 0 Å². The van der Waals surface area contributed by atoms with E-state index in [9.17, 15) is 25.3 Å². The Morgan fingerprint density at radius 1 is 0.640 bits per heavy atom. The predicted octanol–water partition coefficient (Wildman–Crippen LogP) is 5.45. The van der Waals surface area contributed by atoms with Crippen molar-refractivity contribution >= 4 is 0 Å². The zero-order chi connectivity index (χ0) is 19.0. The van der Waals surface area contributed by atoms with E-state index in [4.69, 9.17) is 0 Å². The Labute approximate surface area is 151 Å². The summed E-state index contributed by atoms with van der Waals surface area (Å²) in [6.45, 7) is 2.24. The normalized spacial score (nSPS) is 11.6. The fourth-order valence-corrected chi connectivity index (χ4v) is 2.98. The lowest BCUT2D eigenvalue weighted by Gasteiger charge is -2.09. The van der Waals surface area contributed by atoms with Crippen molar-refractivity contribution in [3.63, 3.8) is 0 Å². The first-order chi connectivity index (χ1) is 11.9. The van der Waals surface area contributed by atoms with E-state index in [1.807, 2.05) is 0 Å². The first kappa shape index (κ1) is 23.8. The number of rotatable bonds is 18. The molecule has 0 saturated heterocycles. The molecular formula is C18H36N2O5. The lowest BCUT2D eigenvalue weighted by atomic mass is 10.0. The van der Waals surface area contributed by atoms with Gasteiger partial charge >= 0.3 is 5.85 Å². The van der Waals surface area contributed by atoms with Crippen LogP contribution in [0.15, 0.2) is 0 Å². The van der Waals surface area contributed by atoms with Crippen LogP contribution in [0.5, 0.6) is 0 Å². The van der Waals surface area contributed by atoms with Crippen LogP contribution in [0.1, 0.15) is 110 Å². The minimum absolute atomic E-state index is 0.302. The topological polar surface area (TPSA) is 107 Å². The Kier molecular flexibility index (Phi) is 14.3. The molecule has 1 N–H and O–H groups in total. The molecule has 0 saturated carbocycles. The van der Waals surface area contributed by atoms with Crippen LogP contribution in [0.2, 0.25) is 0 Å². The average Bonchev–Trinajstić information content (AvgIpc) is 2.57. The first-order valence-corrected chi connectivity index (χ1v) is 9.96. The molecule has 7 heteroatoms. The summed E-state index contributed by atoms with van der Waals surface area (Å²) in [6, 6.07) is 0. The highest BCUT2D eigenvalue weighted by Gasteiger charge is 2.53. The molecule has 0 heterocycles. The smallest absolute Gasteiger partial charge is 0.269 e. The number of hydrogen-bond donors (Lipinski definition) is 1. The summed E-state index contributed by atoms with van der Waals surface area (Å²) in [5.41, 5.74) is 0. The van der Waals surface area contributed by atoms with Crippen molar-refractivity contribution < 1.29 is 15.0 Å². The molecular weight excluding hydrogens is 324 g/mol. The highest BCUT2D eigenvalue weighted by molar-refractivity contribution is 4.54. The monoisotopic (exact) mass is 360 g/mol. The number of hydrogen-bond acceptors (Lipinski definition) is 5. The van der Waals surface area contributed by atoms with Gasteiger partial charge < -0.3 is 0 Å². The highest BCUT2D eigenvalue weighted by atomic mass is 16.7. The molecule has 0 aliphatic heterocycles. The molecule has 0 radical (unpaired) electrons. The molecule has 0 fully saturated rings. The molecule has 0 amide bonds. The van der Waals surface area contributed by atoms with Crippen LogP contribution in [-0.4, -0.2) is 20.8 Å². The molecule has 25 heavy (non-hydrogen) atoms. The first-order valence-electron chi connectivity index (χ1n) is 9.96. The highest BCUT2D eigenvalue weighted by Crippen LogP contribution is 2.18. The summed E-state index contributed by atoms with van der Waals surface area (Å²) in [4.78, 5) is 18.7. The maximum atomic E-state index is 10.6. The number of unbranched alkanes of at least 4 members (excludes halogenated alkanes) is 14. The largest absolute Gasteiger partial charge is 0.576 e. The van der Waals surface area contributed by atoms with Crippen LogP contribution in [0.25, 0.3) is 0 Å². The summed E-state index contributed by atoms with van der Waals surface area (Å²) in [5, 5.41) is 30.5. The average molecular weight is 360 g/mol. The Bertz CT molecular complexity index is 349. The molecule has 0 aromatic heterocycles. The van der Waals surface area contributed by atoms with E-state index in [2.05, 4.69) is 6.92 Å². The molecule has 0 aromatic rings. The summed E-state index contributed by atoms with van der Waals surface area (Å²) < 4.78 is 0. The van der Waals surface area contributed by atoms with E-state index >= 15 is 0 Å². The molecule has 0 atom stereocenters. The third-order valence-corrected chi connectivity index (χ3v) is 4.70. The molecule has 0 unspecified atom stereocenters. The SMILES string of the molecule is CCCCCCCCCCCCCCCCCC(O)([N+](=O)[O-])[N+](=O)[O-]. The van der Waals surface area contributed by atoms with Gasteiger partial charge in [-0.05, 0) is 6.42 Å². The Morgan fingerprint density at radius 3 is 1.20 bits per heavy atom. The Morgan fingerprint density at radius 2 is 0.920 bits per heavy atom. The second-order valence-corrected chi connectivity index (χ2v) is 6.99. The third-order valence-electron chi connectivity index (χ3n) is 4.70. The van der Waals surface area contributed by atoms with Crippen molar-refractivity contribution in [2.75, 3.05) is 0 Å². The van der Waals surface area contributed by atoms with Crippen LogP contribution in [0.3, 0.4) is 0 Å². The van der Waals surface area contributed by atoms with Gasteiger partial charge in [0, 0.05) is 0 Å². The third kappa shape index (κ3) is 11.9. The second-order valence-electron chi connectivity index (χ2n) is 6.99. The number of nitrogens with zero attached hydrogens (tertiary/aromatic N) is 2. The van der Waals surface area contributed by atoms with E-state index < -0.39 is 22.1 Å². The maximum Gasteiger partial charge on any atom is 0.576 e. The molecule has 0 aromatic carbocycles. The van der Waals surface area contributed by atoms with Crippen molar-refractivity contribution in [1.82, 2.24) is 0 Å². The summed E-state index contributed by atoms with van der Waals surface area (Å²) in [5.74, 6) is -3.02. The van der Waals surface area contributed by atoms with Gasteiger partial charge in [0.2, 0.25) is 0 Å². The van der Waals surface area contributed by atoms with Crippen LogP contribution >= 0.6 is 0 Å². The van der Waals surface area contributed by atoms with Crippen molar-refractivity contribution in [2.45, 2.75) is 116 Å². The molecule has 0 aliphatic rings. The van der Waals surface area contributed by atoms with Gasteiger partial charge in [0.15, 0.2) is 0 Å². The fraction of sp³-hybridized carbons (Fsp3) is 1.00. The zero-order valence-corrected chi connectivity index (χ0v) is 15.8. The fourth-order valence-electron chi connectivity index (χ4n) is 2.98. The van der Waals surface area contributed by atoms with Gasteiger partial charge in [0.1, 0.15) is 16.3 Å². The number of aliphatic hydroxyl groups is 1. The minimum Gasteiger partial charge on any atom is -0.269 e. The molecule has 0 aliphatic carbocycles. The van der Waals surface area contributed by atoms with Crippen LogP contribution < -0.4 is 0 Å². The quantitative estimate of drug-likeness (QED) is 0.151. The Hall–Kier alpha value is -1.24. The van der Waals surface area contributed by atoms with Gasteiger partial charge in [-0.25, -0.2) is 0 Å². The van der Waals surface area contributed by atoms with E-state index in [1.165, 1.54) is 64.2 Å². The molecule has 0 spiro atoms. The molecule has 0 rings (SSSR count). The van der Waals surface area contributed by atoms with Gasteiger partial charge in [0.05, 0.1) is 0 Å². The maximum absolute atomic E-state index is 10.6. The standard InChI is InChI=1S/C18H36N2O5/c1-2-3-4-5-6-7-8-9-10-11-12-13-14-15-16-17-18(21,19(22)23)20(24)25/h21H,2-17H2,1H3. The summed E-state index contributed by atoms with van der Waals surface area (Å²) >= 11 is 0.